The molecular weight excluding hydrogens is 252 g/mol. The van der Waals surface area contributed by atoms with Crippen LogP contribution in [0.15, 0.2) is 12.5 Å². The van der Waals surface area contributed by atoms with Gasteiger partial charge in [0.1, 0.15) is 0 Å². The van der Waals surface area contributed by atoms with E-state index in [-0.39, 0.29) is 0 Å². The van der Waals surface area contributed by atoms with Gasteiger partial charge < -0.3 is 9.88 Å². The highest BCUT2D eigenvalue weighted by atomic mass is 32.2. The van der Waals surface area contributed by atoms with Crippen molar-refractivity contribution in [2.24, 2.45) is 0 Å². The molecule has 104 valence electrons. The third-order valence-corrected chi connectivity index (χ3v) is 3.19. The van der Waals surface area contributed by atoms with Gasteiger partial charge in [-0.15, -0.1) is 0 Å². The second-order valence-electron chi connectivity index (χ2n) is 4.28. The lowest BCUT2D eigenvalue weighted by Crippen LogP contribution is -2.26. The molecule has 1 aromatic heterocycles. The van der Waals surface area contributed by atoms with E-state index in [4.69, 9.17) is 0 Å². The second kappa shape index (κ2) is 7.50. The fourth-order valence-corrected chi connectivity index (χ4v) is 2.14. The van der Waals surface area contributed by atoms with Crippen LogP contribution in [0.4, 0.5) is 0 Å². The molecule has 0 saturated carbocycles. The minimum Gasteiger partial charge on any atom is -0.333 e. The smallest absolute Gasteiger partial charge is 0.208 e. The molecule has 0 aliphatic heterocycles. The summed E-state index contributed by atoms with van der Waals surface area (Å²) in [6.45, 7) is 5.12. The van der Waals surface area contributed by atoms with Crippen LogP contribution in [-0.4, -0.2) is 37.3 Å². The lowest BCUT2D eigenvalue weighted by atomic mass is 10.4. The van der Waals surface area contributed by atoms with E-state index in [1.54, 1.807) is 0 Å². The molecule has 18 heavy (non-hydrogen) atoms. The summed E-state index contributed by atoms with van der Waals surface area (Å²) in [4.78, 5) is 4.12. The quantitative estimate of drug-likeness (QED) is 0.636. The molecule has 0 radical (unpaired) electrons. The van der Waals surface area contributed by atoms with Gasteiger partial charge >= 0.3 is 0 Å². The van der Waals surface area contributed by atoms with Gasteiger partial charge in [0, 0.05) is 25.8 Å². The summed E-state index contributed by atoms with van der Waals surface area (Å²) in [5.41, 5.74) is 1.16. The molecule has 1 heterocycles. The average molecular weight is 274 g/mol. The highest BCUT2D eigenvalue weighted by Crippen LogP contribution is 2.00. The Morgan fingerprint density at radius 3 is 2.83 bits per heavy atom. The van der Waals surface area contributed by atoms with Crippen LogP contribution in [0.3, 0.4) is 0 Å². The molecule has 0 aromatic carbocycles. The number of aryl methyl sites for hydroxylation is 1. The SMILES string of the molecule is CCCn1cncc1CNCCCNS(C)(=O)=O. The van der Waals surface area contributed by atoms with Crippen molar-refractivity contribution in [3.63, 3.8) is 0 Å². The molecule has 6 nitrogen and oxygen atoms in total. The van der Waals surface area contributed by atoms with Crippen LogP contribution >= 0.6 is 0 Å². The number of hydrogen-bond acceptors (Lipinski definition) is 4. The van der Waals surface area contributed by atoms with Crippen molar-refractivity contribution in [1.29, 1.82) is 0 Å². The van der Waals surface area contributed by atoms with Gasteiger partial charge in [-0.2, -0.15) is 0 Å². The number of nitrogens with zero attached hydrogens (tertiary/aromatic N) is 2. The second-order valence-corrected chi connectivity index (χ2v) is 6.11. The first-order valence-corrected chi connectivity index (χ1v) is 8.06. The van der Waals surface area contributed by atoms with Gasteiger partial charge in [0.25, 0.3) is 0 Å². The zero-order valence-corrected chi connectivity index (χ0v) is 11.8. The van der Waals surface area contributed by atoms with Crippen LogP contribution in [0.5, 0.6) is 0 Å². The standard InChI is InChI=1S/C11H22N4O2S/c1-3-7-15-10-13-9-11(15)8-12-5-4-6-14-18(2,16)17/h9-10,12,14H,3-8H2,1-2H3. The predicted octanol–water partition coefficient (Wildman–Crippen LogP) is 0.322. The van der Waals surface area contributed by atoms with Gasteiger partial charge in [0.05, 0.1) is 18.3 Å². The summed E-state index contributed by atoms with van der Waals surface area (Å²) in [5.74, 6) is 0. The molecule has 0 aliphatic rings. The van der Waals surface area contributed by atoms with Crippen LogP contribution in [-0.2, 0) is 23.1 Å². The van der Waals surface area contributed by atoms with Gasteiger partial charge in [-0.25, -0.2) is 18.1 Å². The van der Waals surface area contributed by atoms with Crippen LogP contribution in [0.1, 0.15) is 25.5 Å². The van der Waals surface area contributed by atoms with E-state index in [1.165, 1.54) is 6.26 Å². The van der Waals surface area contributed by atoms with E-state index in [0.717, 1.165) is 38.2 Å². The minimum absolute atomic E-state index is 0.472. The minimum atomic E-state index is -3.06. The number of sulfonamides is 1. The number of imidazole rings is 1. The Morgan fingerprint density at radius 1 is 1.39 bits per heavy atom. The first-order valence-electron chi connectivity index (χ1n) is 6.17. The molecule has 0 saturated heterocycles. The molecule has 0 amide bonds. The molecule has 0 spiro atoms. The van der Waals surface area contributed by atoms with E-state index in [9.17, 15) is 8.42 Å². The molecule has 2 N–H and O–H groups in total. The summed E-state index contributed by atoms with van der Waals surface area (Å²) >= 11 is 0. The monoisotopic (exact) mass is 274 g/mol. The predicted molar refractivity (Wildman–Crippen MR) is 71.7 cm³/mol. The van der Waals surface area contributed by atoms with E-state index in [0.29, 0.717) is 6.54 Å². The maximum atomic E-state index is 10.8. The van der Waals surface area contributed by atoms with Gasteiger partial charge in [-0.3, -0.25) is 0 Å². The van der Waals surface area contributed by atoms with E-state index < -0.39 is 10.0 Å². The van der Waals surface area contributed by atoms with Crippen LogP contribution in [0.25, 0.3) is 0 Å². The topological polar surface area (TPSA) is 76.0 Å². The van der Waals surface area contributed by atoms with Crippen molar-refractivity contribution in [1.82, 2.24) is 19.6 Å². The highest BCUT2D eigenvalue weighted by Gasteiger charge is 2.01. The maximum Gasteiger partial charge on any atom is 0.208 e. The Bertz CT molecular complexity index is 442. The first kappa shape index (κ1) is 15.1. The van der Waals surface area contributed by atoms with E-state index >= 15 is 0 Å². The number of aromatic nitrogens is 2. The fourth-order valence-electron chi connectivity index (χ4n) is 1.63. The van der Waals surface area contributed by atoms with Crippen molar-refractivity contribution >= 4 is 10.0 Å². The zero-order chi connectivity index (χ0) is 13.4. The zero-order valence-electron chi connectivity index (χ0n) is 11.0. The third-order valence-electron chi connectivity index (χ3n) is 2.46. The Labute approximate surface area is 109 Å². The van der Waals surface area contributed by atoms with Crippen LogP contribution < -0.4 is 10.0 Å². The molecule has 1 rings (SSSR count). The molecule has 0 atom stereocenters. The number of hydrogen-bond donors (Lipinski definition) is 2. The number of nitrogens with one attached hydrogen (secondary N) is 2. The Kier molecular flexibility index (Phi) is 6.31. The third kappa shape index (κ3) is 6.13. The molecular formula is C11H22N4O2S. The summed E-state index contributed by atoms with van der Waals surface area (Å²) in [5, 5.41) is 3.28. The summed E-state index contributed by atoms with van der Waals surface area (Å²) in [6.07, 6.45) is 6.73. The lowest BCUT2D eigenvalue weighted by Gasteiger charge is -2.08. The molecule has 7 heteroatoms. The van der Waals surface area contributed by atoms with Gasteiger partial charge in [0.15, 0.2) is 0 Å². The molecule has 0 bridgehead atoms. The van der Waals surface area contributed by atoms with Crippen molar-refractivity contribution in [3.05, 3.63) is 18.2 Å². The first-order chi connectivity index (χ1) is 8.53. The average Bonchev–Trinajstić information content (AvgIpc) is 2.70. The molecule has 0 fully saturated rings. The summed E-state index contributed by atoms with van der Waals surface area (Å²) in [7, 11) is -3.06. The van der Waals surface area contributed by atoms with Crippen molar-refractivity contribution < 1.29 is 8.42 Å². The molecule has 1 aromatic rings. The van der Waals surface area contributed by atoms with Gasteiger partial charge in [0.2, 0.25) is 10.0 Å². The van der Waals surface area contributed by atoms with Gasteiger partial charge in [-0.1, -0.05) is 6.92 Å². The van der Waals surface area contributed by atoms with Crippen LogP contribution in [0.2, 0.25) is 0 Å². The molecule has 0 unspecified atom stereocenters. The Morgan fingerprint density at radius 2 is 2.17 bits per heavy atom. The van der Waals surface area contributed by atoms with Crippen LogP contribution in [0, 0.1) is 0 Å². The molecule has 0 aliphatic carbocycles. The van der Waals surface area contributed by atoms with Crippen molar-refractivity contribution in [3.8, 4) is 0 Å². The van der Waals surface area contributed by atoms with Gasteiger partial charge in [-0.05, 0) is 19.4 Å². The number of rotatable bonds is 9. The van der Waals surface area contributed by atoms with Crippen molar-refractivity contribution in [2.75, 3.05) is 19.3 Å². The Hall–Kier alpha value is -0.920. The van der Waals surface area contributed by atoms with E-state index in [2.05, 4.69) is 26.5 Å². The fraction of sp³-hybridized carbons (Fsp3) is 0.727. The lowest BCUT2D eigenvalue weighted by molar-refractivity contribution is 0.570. The summed E-state index contributed by atoms with van der Waals surface area (Å²) in [6, 6.07) is 0. The highest BCUT2D eigenvalue weighted by molar-refractivity contribution is 7.88. The largest absolute Gasteiger partial charge is 0.333 e. The summed E-state index contributed by atoms with van der Waals surface area (Å²) < 4.78 is 26.2. The maximum absolute atomic E-state index is 10.8. The normalized spacial score (nSPS) is 11.9. The van der Waals surface area contributed by atoms with E-state index in [1.807, 2.05) is 12.5 Å². The van der Waals surface area contributed by atoms with Crippen molar-refractivity contribution in [2.45, 2.75) is 32.9 Å². The Balaban J connectivity index is 2.16.